The molecule has 98 valence electrons. The minimum absolute atomic E-state index is 0.144. The van der Waals surface area contributed by atoms with Gasteiger partial charge >= 0.3 is 0 Å². The second-order valence-electron chi connectivity index (χ2n) is 4.37. The number of rotatable bonds is 3. The van der Waals surface area contributed by atoms with Crippen LogP contribution in [0.2, 0.25) is 0 Å². The molecule has 1 aromatic rings. The van der Waals surface area contributed by atoms with E-state index in [1.54, 1.807) is 18.2 Å². The van der Waals surface area contributed by atoms with Crippen LogP contribution in [0, 0.1) is 6.92 Å². The van der Waals surface area contributed by atoms with E-state index in [1.165, 1.54) is 4.31 Å². The number of hydrogen-bond acceptors (Lipinski definition) is 3. The van der Waals surface area contributed by atoms with Crippen molar-refractivity contribution in [3.05, 3.63) is 41.5 Å². The monoisotopic (exact) mass is 267 g/mol. The Morgan fingerprint density at radius 1 is 1.33 bits per heavy atom. The van der Waals surface area contributed by atoms with Gasteiger partial charge in [-0.3, -0.25) is 0 Å². The number of aryl methyl sites for hydroxylation is 1. The van der Waals surface area contributed by atoms with E-state index in [4.69, 9.17) is 0 Å². The van der Waals surface area contributed by atoms with Crippen molar-refractivity contribution in [1.82, 2.24) is 4.31 Å². The molecule has 0 bridgehead atoms. The van der Waals surface area contributed by atoms with Gasteiger partial charge in [-0.15, -0.1) is 0 Å². The number of sulfonamides is 1. The molecule has 1 aliphatic heterocycles. The first-order valence-corrected chi connectivity index (χ1v) is 7.35. The van der Waals surface area contributed by atoms with Crippen LogP contribution in [0.25, 0.3) is 0 Å². The second kappa shape index (κ2) is 5.22. The van der Waals surface area contributed by atoms with Crippen LogP contribution in [-0.4, -0.2) is 30.9 Å². The van der Waals surface area contributed by atoms with Gasteiger partial charge in [-0.25, -0.2) is 8.42 Å². The molecule has 0 saturated heterocycles. The fraction of sp³-hybridized carbons (Fsp3) is 0.385. The number of aliphatic hydroxyl groups is 1. The molecule has 0 aromatic heterocycles. The minimum Gasteiger partial charge on any atom is -0.392 e. The first-order chi connectivity index (χ1) is 8.55. The van der Waals surface area contributed by atoms with Crippen molar-refractivity contribution in [1.29, 1.82) is 0 Å². The van der Waals surface area contributed by atoms with Crippen LogP contribution in [0.3, 0.4) is 0 Å². The van der Waals surface area contributed by atoms with E-state index < -0.39 is 10.0 Å². The molecule has 5 heteroatoms. The lowest BCUT2D eigenvalue weighted by Crippen LogP contribution is -2.33. The third kappa shape index (κ3) is 2.48. The quantitative estimate of drug-likeness (QED) is 0.843. The molecule has 18 heavy (non-hydrogen) atoms. The van der Waals surface area contributed by atoms with Gasteiger partial charge in [-0.05, 0) is 36.6 Å². The summed E-state index contributed by atoms with van der Waals surface area (Å²) in [5.41, 5.74) is 1.55. The Hall–Kier alpha value is -1.17. The van der Waals surface area contributed by atoms with Crippen molar-refractivity contribution >= 4 is 10.0 Å². The molecule has 0 amide bonds. The fourth-order valence-corrected chi connectivity index (χ4v) is 3.42. The van der Waals surface area contributed by atoms with E-state index >= 15 is 0 Å². The lowest BCUT2D eigenvalue weighted by molar-refractivity contribution is 0.280. The number of hydrogen-bond donors (Lipinski definition) is 1. The van der Waals surface area contributed by atoms with Crippen molar-refractivity contribution in [2.75, 3.05) is 13.1 Å². The molecule has 0 radical (unpaired) electrons. The van der Waals surface area contributed by atoms with E-state index in [1.807, 2.05) is 19.1 Å². The zero-order valence-corrected chi connectivity index (χ0v) is 11.2. The van der Waals surface area contributed by atoms with Crippen LogP contribution < -0.4 is 0 Å². The second-order valence-corrected chi connectivity index (χ2v) is 6.31. The predicted octanol–water partition coefficient (Wildman–Crippen LogP) is 1.44. The van der Waals surface area contributed by atoms with Crippen LogP contribution in [0.15, 0.2) is 35.2 Å². The molecule has 0 saturated carbocycles. The van der Waals surface area contributed by atoms with Gasteiger partial charge in [0.05, 0.1) is 11.5 Å². The zero-order valence-electron chi connectivity index (χ0n) is 10.3. The molecule has 0 aliphatic carbocycles. The van der Waals surface area contributed by atoms with Crippen LogP contribution >= 0.6 is 0 Å². The van der Waals surface area contributed by atoms with Gasteiger partial charge in [0.2, 0.25) is 10.0 Å². The van der Waals surface area contributed by atoms with Gasteiger partial charge in [0, 0.05) is 13.1 Å². The molecule has 1 aliphatic rings. The number of benzene rings is 1. The first-order valence-electron chi connectivity index (χ1n) is 5.91. The molecule has 1 aromatic carbocycles. The Morgan fingerprint density at radius 2 is 2.11 bits per heavy atom. The summed E-state index contributed by atoms with van der Waals surface area (Å²) in [6.07, 6.45) is 4.60. The number of nitrogens with zero attached hydrogens (tertiary/aromatic N) is 1. The van der Waals surface area contributed by atoms with Crippen molar-refractivity contribution in [3.8, 4) is 0 Å². The van der Waals surface area contributed by atoms with Gasteiger partial charge in [-0.1, -0.05) is 18.2 Å². The predicted molar refractivity (Wildman–Crippen MR) is 69.6 cm³/mol. The summed E-state index contributed by atoms with van der Waals surface area (Å²) in [7, 11) is -3.44. The Labute approximate surface area is 108 Å². The van der Waals surface area contributed by atoms with Gasteiger partial charge in [0.15, 0.2) is 0 Å². The van der Waals surface area contributed by atoms with Crippen molar-refractivity contribution in [3.63, 3.8) is 0 Å². The van der Waals surface area contributed by atoms with E-state index in [2.05, 4.69) is 0 Å². The summed E-state index contributed by atoms with van der Waals surface area (Å²) < 4.78 is 26.2. The minimum atomic E-state index is -3.44. The molecule has 0 spiro atoms. The first kappa shape index (κ1) is 13.3. The molecule has 0 atom stereocenters. The highest BCUT2D eigenvalue weighted by molar-refractivity contribution is 7.89. The Balaban J connectivity index is 2.38. The van der Waals surface area contributed by atoms with E-state index in [0.717, 1.165) is 12.0 Å². The standard InChI is InChI=1S/C13H17NO3S/c1-11-5-6-13(9-12(11)10-15)18(16,17)14-7-3-2-4-8-14/h2-3,5-6,9,15H,4,7-8,10H2,1H3. The van der Waals surface area contributed by atoms with Gasteiger partial charge < -0.3 is 5.11 Å². The molecular formula is C13H17NO3S. The van der Waals surface area contributed by atoms with Crippen molar-refractivity contribution in [2.24, 2.45) is 0 Å². The summed E-state index contributed by atoms with van der Waals surface area (Å²) >= 11 is 0. The average molecular weight is 267 g/mol. The lowest BCUT2D eigenvalue weighted by atomic mass is 10.1. The van der Waals surface area contributed by atoms with E-state index in [-0.39, 0.29) is 11.5 Å². The molecule has 2 rings (SSSR count). The lowest BCUT2D eigenvalue weighted by Gasteiger charge is -2.23. The van der Waals surface area contributed by atoms with Crippen LogP contribution in [0.5, 0.6) is 0 Å². The zero-order chi connectivity index (χ0) is 13.2. The van der Waals surface area contributed by atoms with E-state index in [0.29, 0.717) is 18.7 Å². The van der Waals surface area contributed by atoms with Crippen LogP contribution in [0.4, 0.5) is 0 Å². The average Bonchev–Trinajstić information content (AvgIpc) is 2.40. The van der Waals surface area contributed by atoms with Gasteiger partial charge in [-0.2, -0.15) is 4.31 Å². The molecule has 4 nitrogen and oxygen atoms in total. The Kier molecular flexibility index (Phi) is 3.85. The highest BCUT2D eigenvalue weighted by atomic mass is 32.2. The van der Waals surface area contributed by atoms with Crippen molar-refractivity contribution < 1.29 is 13.5 Å². The normalized spacial score (nSPS) is 17.0. The number of aliphatic hydroxyl groups excluding tert-OH is 1. The highest BCUT2D eigenvalue weighted by Gasteiger charge is 2.24. The maximum atomic E-state index is 12.4. The maximum absolute atomic E-state index is 12.4. The van der Waals surface area contributed by atoms with Crippen molar-refractivity contribution in [2.45, 2.75) is 24.8 Å². The maximum Gasteiger partial charge on any atom is 0.243 e. The fourth-order valence-electron chi connectivity index (χ4n) is 1.97. The molecule has 1 N–H and O–H groups in total. The third-order valence-electron chi connectivity index (χ3n) is 3.15. The summed E-state index contributed by atoms with van der Waals surface area (Å²) in [6.45, 7) is 2.65. The Bertz CT molecular complexity index is 564. The van der Waals surface area contributed by atoms with Gasteiger partial charge in [0.1, 0.15) is 0 Å². The molecular weight excluding hydrogens is 250 g/mol. The third-order valence-corrected chi connectivity index (χ3v) is 5.01. The highest BCUT2D eigenvalue weighted by Crippen LogP contribution is 2.21. The van der Waals surface area contributed by atoms with Gasteiger partial charge in [0.25, 0.3) is 0 Å². The summed E-state index contributed by atoms with van der Waals surface area (Å²) in [5, 5.41) is 9.20. The Morgan fingerprint density at radius 3 is 2.72 bits per heavy atom. The summed E-state index contributed by atoms with van der Waals surface area (Å²) in [4.78, 5) is 0.257. The van der Waals surface area contributed by atoms with E-state index in [9.17, 15) is 13.5 Å². The SMILES string of the molecule is Cc1ccc(S(=O)(=O)N2CC=CCC2)cc1CO. The topological polar surface area (TPSA) is 57.6 Å². The molecule has 0 fully saturated rings. The smallest absolute Gasteiger partial charge is 0.243 e. The molecule has 1 heterocycles. The molecule has 0 unspecified atom stereocenters. The summed E-state index contributed by atoms with van der Waals surface area (Å²) in [6, 6.07) is 4.89. The van der Waals surface area contributed by atoms with Crippen LogP contribution in [0.1, 0.15) is 17.5 Å². The summed E-state index contributed by atoms with van der Waals surface area (Å²) in [5.74, 6) is 0. The van der Waals surface area contributed by atoms with Crippen LogP contribution in [-0.2, 0) is 16.6 Å². The largest absolute Gasteiger partial charge is 0.392 e.